The van der Waals surface area contributed by atoms with Crippen LogP contribution in [0.15, 0.2) is 47.4 Å². The molecule has 164 valence electrons. The number of alkyl halides is 2. The number of hydrogen-bond acceptors (Lipinski definition) is 5. The number of amides is 1. The second-order valence-electron chi connectivity index (χ2n) is 6.54. The average molecular weight is 442 g/mol. The van der Waals surface area contributed by atoms with Crippen LogP contribution >= 0.6 is 0 Å². The smallest absolute Gasteiger partial charge is 0.387 e. The van der Waals surface area contributed by atoms with Crippen molar-refractivity contribution < 1.29 is 31.5 Å². The van der Waals surface area contributed by atoms with Crippen LogP contribution in [0.3, 0.4) is 0 Å². The molecule has 0 saturated heterocycles. The van der Waals surface area contributed by atoms with Crippen LogP contribution in [0.25, 0.3) is 0 Å². The van der Waals surface area contributed by atoms with Gasteiger partial charge in [-0.2, -0.15) is 13.1 Å². The van der Waals surface area contributed by atoms with Crippen molar-refractivity contribution in [3.05, 3.63) is 53.6 Å². The standard InChI is InChI=1S/C20H24F2N2O5S/c1-14-4-7-16(8-5-14)30(26,27)24(2)13-19(25)23-11-10-15-6-9-17(29-20(21)22)18(12-15)28-3/h4-9,12,20H,10-11,13H2,1-3H3,(H,23,25). The minimum absolute atomic E-state index is 0.0803. The summed E-state index contributed by atoms with van der Waals surface area (Å²) in [5.41, 5.74) is 1.66. The zero-order valence-corrected chi connectivity index (χ0v) is 17.7. The fourth-order valence-electron chi connectivity index (χ4n) is 2.64. The van der Waals surface area contributed by atoms with Crippen LogP contribution in [0.5, 0.6) is 11.5 Å². The number of nitrogens with one attached hydrogen (secondary N) is 1. The molecule has 0 spiro atoms. The molecule has 1 amide bonds. The fourth-order valence-corrected chi connectivity index (χ4v) is 3.77. The maximum atomic E-state index is 12.5. The van der Waals surface area contributed by atoms with Crippen LogP contribution < -0.4 is 14.8 Å². The molecule has 1 N–H and O–H groups in total. The summed E-state index contributed by atoms with van der Waals surface area (Å²) in [6, 6.07) is 10.9. The minimum atomic E-state index is -3.77. The molecule has 0 bridgehead atoms. The predicted octanol–water partition coefficient (Wildman–Crippen LogP) is 2.58. The number of rotatable bonds is 10. The van der Waals surface area contributed by atoms with Gasteiger partial charge in [-0.05, 0) is 43.2 Å². The SMILES string of the molecule is COc1cc(CCNC(=O)CN(C)S(=O)(=O)c2ccc(C)cc2)ccc1OC(F)F. The number of hydrogen-bond donors (Lipinski definition) is 1. The van der Waals surface area contributed by atoms with E-state index in [1.54, 1.807) is 18.2 Å². The molecular weight excluding hydrogens is 418 g/mol. The Bertz CT molecular complexity index is 966. The summed E-state index contributed by atoms with van der Waals surface area (Å²) in [5, 5.41) is 2.64. The average Bonchev–Trinajstić information content (AvgIpc) is 2.68. The molecule has 0 aliphatic heterocycles. The van der Waals surface area contributed by atoms with Crippen LogP contribution in [0.1, 0.15) is 11.1 Å². The van der Waals surface area contributed by atoms with Crippen molar-refractivity contribution in [2.24, 2.45) is 0 Å². The first-order valence-corrected chi connectivity index (χ1v) is 10.5. The third-order valence-corrected chi connectivity index (χ3v) is 6.09. The van der Waals surface area contributed by atoms with E-state index in [2.05, 4.69) is 10.1 Å². The van der Waals surface area contributed by atoms with Gasteiger partial charge in [0, 0.05) is 13.6 Å². The molecule has 0 heterocycles. The Morgan fingerprint density at radius 1 is 1.13 bits per heavy atom. The van der Waals surface area contributed by atoms with Crippen LogP contribution in [-0.2, 0) is 21.2 Å². The van der Waals surface area contributed by atoms with Gasteiger partial charge in [0.25, 0.3) is 0 Å². The Balaban J connectivity index is 1.89. The lowest BCUT2D eigenvalue weighted by Gasteiger charge is -2.17. The number of carbonyl (C=O) groups excluding carboxylic acids is 1. The molecule has 0 radical (unpaired) electrons. The van der Waals surface area contributed by atoms with Gasteiger partial charge in [-0.1, -0.05) is 23.8 Å². The first-order chi connectivity index (χ1) is 14.1. The van der Waals surface area contributed by atoms with Crippen LogP contribution in [-0.4, -0.2) is 52.5 Å². The van der Waals surface area contributed by atoms with Crippen molar-refractivity contribution in [2.75, 3.05) is 27.2 Å². The highest BCUT2D eigenvalue weighted by atomic mass is 32.2. The van der Waals surface area contributed by atoms with Crippen LogP contribution in [0.4, 0.5) is 8.78 Å². The monoisotopic (exact) mass is 442 g/mol. The molecule has 0 saturated carbocycles. The normalized spacial score (nSPS) is 11.6. The first kappa shape index (κ1) is 23.6. The summed E-state index contributed by atoms with van der Waals surface area (Å²) in [6.07, 6.45) is 0.394. The second kappa shape index (κ2) is 10.4. The van der Waals surface area contributed by atoms with Gasteiger partial charge >= 0.3 is 6.61 Å². The maximum Gasteiger partial charge on any atom is 0.387 e. The number of likely N-dealkylation sites (N-methyl/N-ethyl adjacent to an activating group) is 1. The summed E-state index contributed by atoms with van der Waals surface area (Å²) in [6.45, 7) is -1.21. The van der Waals surface area contributed by atoms with Gasteiger partial charge in [0.05, 0.1) is 18.6 Å². The molecule has 0 aliphatic rings. The summed E-state index contributed by atoms with van der Waals surface area (Å²) < 4.78 is 60.2. The number of ether oxygens (including phenoxy) is 2. The van der Waals surface area contributed by atoms with Gasteiger partial charge < -0.3 is 14.8 Å². The number of carbonyl (C=O) groups is 1. The van der Waals surface area contributed by atoms with E-state index in [-0.39, 0.29) is 29.5 Å². The number of benzene rings is 2. The largest absolute Gasteiger partial charge is 0.493 e. The molecule has 0 unspecified atom stereocenters. The van der Waals surface area contributed by atoms with Crippen molar-refractivity contribution in [3.63, 3.8) is 0 Å². The molecular formula is C20H24F2N2O5S. The van der Waals surface area contributed by atoms with Gasteiger partial charge in [-0.25, -0.2) is 8.42 Å². The summed E-state index contributed by atoms with van der Waals surface area (Å²) in [5.74, 6) is -0.385. The Labute approximate surface area is 174 Å². The topological polar surface area (TPSA) is 84.9 Å². The highest BCUT2D eigenvalue weighted by molar-refractivity contribution is 7.89. The summed E-state index contributed by atoms with van der Waals surface area (Å²) in [7, 11) is -1.10. The summed E-state index contributed by atoms with van der Waals surface area (Å²) >= 11 is 0. The fraction of sp³-hybridized carbons (Fsp3) is 0.350. The van der Waals surface area contributed by atoms with Crippen molar-refractivity contribution in [2.45, 2.75) is 24.9 Å². The lowest BCUT2D eigenvalue weighted by atomic mass is 10.1. The predicted molar refractivity (Wildman–Crippen MR) is 107 cm³/mol. The van der Waals surface area contributed by atoms with E-state index in [9.17, 15) is 22.0 Å². The molecule has 30 heavy (non-hydrogen) atoms. The Morgan fingerprint density at radius 3 is 2.40 bits per heavy atom. The molecule has 2 aromatic carbocycles. The van der Waals surface area contributed by atoms with Crippen molar-refractivity contribution in [1.29, 1.82) is 0 Å². The molecule has 0 aliphatic carbocycles. The number of aryl methyl sites for hydroxylation is 1. The number of nitrogens with zero attached hydrogens (tertiary/aromatic N) is 1. The molecule has 0 atom stereocenters. The Hall–Kier alpha value is -2.72. The first-order valence-electron chi connectivity index (χ1n) is 9.05. The lowest BCUT2D eigenvalue weighted by molar-refractivity contribution is -0.121. The summed E-state index contributed by atoms with van der Waals surface area (Å²) in [4.78, 5) is 12.2. The zero-order chi connectivity index (χ0) is 22.3. The molecule has 10 heteroatoms. The second-order valence-corrected chi connectivity index (χ2v) is 8.58. The van der Waals surface area contributed by atoms with Gasteiger partial charge in [-0.15, -0.1) is 0 Å². The van der Waals surface area contributed by atoms with Gasteiger partial charge in [-0.3, -0.25) is 4.79 Å². The van der Waals surface area contributed by atoms with Gasteiger partial charge in [0.15, 0.2) is 11.5 Å². The third kappa shape index (κ3) is 6.39. The van der Waals surface area contributed by atoms with E-state index in [4.69, 9.17) is 4.74 Å². The van der Waals surface area contributed by atoms with E-state index >= 15 is 0 Å². The molecule has 0 aromatic heterocycles. The van der Waals surface area contributed by atoms with Crippen molar-refractivity contribution in [3.8, 4) is 11.5 Å². The van der Waals surface area contributed by atoms with E-state index in [0.29, 0.717) is 6.42 Å². The Morgan fingerprint density at radius 2 is 1.80 bits per heavy atom. The Kier molecular flexibility index (Phi) is 8.13. The lowest BCUT2D eigenvalue weighted by Crippen LogP contribution is -2.39. The molecule has 7 nitrogen and oxygen atoms in total. The van der Waals surface area contributed by atoms with E-state index in [1.165, 1.54) is 38.4 Å². The van der Waals surface area contributed by atoms with E-state index < -0.39 is 22.5 Å². The van der Waals surface area contributed by atoms with Crippen molar-refractivity contribution >= 4 is 15.9 Å². The maximum absolute atomic E-state index is 12.5. The quantitative estimate of drug-likeness (QED) is 0.611. The number of sulfonamides is 1. The third-order valence-electron chi connectivity index (χ3n) is 4.28. The number of halogens is 2. The highest BCUT2D eigenvalue weighted by Gasteiger charge is 2.22. The minimum Gasteiger partial charge on any atom is -0.493 e. The van der Waals surface area contributed by atoms with Gasteiger partial charge in [0.1, 0.15) is 0 Å². The van der Waals surface area contributed by atoms with Crippen molar-refractivity contribution in [1.82, 2.24) is 9.62 Å². The highest BCUT2D eigenvalue weighted by Crippen LogP contribution is 2.29. The number of methoxy groups -OCH3 is 1. The zero-order valence-electron chi connectivity index (χ0n) is 16.9. The van der Waals surface area contributed by atoms with E-state index in [0.717, 1.165) is 15.4 Å². The molecule has 0 fully saturated rings. The molecule has 2 aromatic rings. The van der Waals surface area contributed by atoms with Crippen LogP contribution in [0, 0.1) is 6.92 Å². The van der Waals surface area contributed by atoms with Gasteiger partial charge in [0.2, 0.25) is 15.9 Å². The molecule has 2 rings (SSSR count). The van der Waals surface area contributed by atoms with Crippen LogP contribution in [0.2, 0.25) is 0 Å². The van der Waals surface area contributed by atoms with E-state index in [1.807, 2.05) is 6.92 Å².